The summed E-state index contributed by atoms with van der Waals surface area (Å²) >= 11 is 1.53. The Hall–Kier alpha value is -1.86. The van der Waals surface area contributed by atoms with Crippen molar-refractivity contribution in [2.24, 2.45) is 4.99 Å². The van der Waals surface area contributed by atoms with Crippen LogP contribution in [0.4, 0.5) is 5.00 Å². The van der Waals surface area contributed by atoms with Gasteiger partial charge in [0.1, 0.15) is 16.8 Å². The van der Waals surface area contributed by atoms with Gasteiger partial charge < -0.3 is 4.42 Å². The molecule has 0 unspecified atom stereocenters. The lowest BCUT2D eigenvalue weighted by Gasteiger charge is -1.88. The third-order valence-electron chi connectivity index (χ3n) is 2.33. The number of rotatable bonds is 2. The van der Waals surface area contributed by atoms with Gasteiger partial charge in [-0.05, 0) is 31.5 Å². The minimum Gasteiger partial charge on any atom is -0.463 e. The molecule has 0 aliphatic heterocycles. The van der Waals surface area contributed by atoms with Crippen LogP contribution in [-0.2, 0) is 0 Å². The van der Waals surface area contributed by atoms with E-state index in [1.807, 2.05) is 19.9 Å². The van der Waals surface area contributed by atoms with Crippen LogP contribution in [0.1, 0.15) is 21.8 Å². The number of hydrogen-bond acceptors (Lipinski definition) is 4. The van der Waals surface area contributed by atoms with Crippen LogP contribution >= 0.6 is 11.3 Å². The minimum atomic E-state index is 0.658. The van der Waals surface area contributed by atoms with Gasteiger partial charge in [-0.15, -0.1) is 11.3 Å². The van der Waals surface area contributed by atoms with Crippen molar-refractivity contribution in [2.75, 3.05) is 0 Å². The Labute approximate surface area is 97.7 Å². The lowest BCUT2D eigenvalue weighted by molar-refractivity contribution is 0.560. The third-order valence-corrected chi connectivity index (χ3v) is 3.45. The smallest absolute Gasteiger partial charge is 0.144 e. The number of hydrogen-bond donors (Lipinski definition) is 0. The van der Waals surface area contributed by atoms with Gasteiger partial charge in [0, 0.05) is 4.88 Å². The zero-order valence-electron chi connectivity index (χ0n) is 9.02. The summed E-state index contributed by atoms with van der Waals surface area (Å²) in [5, 5.41) is 9.77. The first-order valence-corrected chi connectivity index (χ1v) is 5.61. The molecule has 0 atom stereocenters. The van der Waals surface area contributed by atoms with Crippen molar-refractivity contribution < 1.29 is 4.42 Å². The van der Waals surface area contributed by atoms with Gasteiger partial charge in [-0.3, -0.25) is 0 Å². The van der Waals surface area contributed by atoms with Crippen LogP contribution in [0.3, 0.4) is 0 Å². The van der Waals surface area contributed by atoms with E-state index in [-0.39, 0.29) is 0 Å². The van der Waals surface area contributed by atoms with Gasteiger partial charge in [-0.25, -0.2) is 4.99 Å². The van der Waals surface area contributed by atoms with Gasteiger partial charge in [0.15, 0.2) is 0 Å². The van der Waals surface area contributed by atoms with Crippen LogP contribution in [0.2, 0.25) is 0 Å². The van der Waals surface area contributed by atoms with Crippen LogP contribution in [-0.4, -0.2) is 6.21 Å². The van der Waals surface area contributed by atoms with Gasteiger partial charge in [0.25, 0.3) is 0 Å². The number of aryl methyl sites for hydroxylation is 1. The lowest BCUT2D eigenvalue weighted by Crippen LogP contribution is -1.77. The second-order valence-electron chi connectivity index (χ2n) is 3.35. The lowest BCUT2D eigenvalue weighted by atomic mass is 10.2. The summed E-state index contributed by atoms with van der Waals surface area (Å²) in [5.74, 6) is 0.688. The van der Waals surface area contributed by atoms with Gasteiger partial charge >= 0.3 is 0 Å². The van der Waals surface area contributed by atoms with Crippen molar-refractivity contribution in [3.05, 3.63) is 40.2 Å². The van der Waals surface area contributed by atoms with E-state index in [2.05, 4.69) is 11.1 Å². The quantitative estimate of drug-likeness (QED) is 0.740. The zero-order valence-corrected chi connectivity index (χ0v) is 9.84. The molecule has 80 valence electrons. The second-order valence-corrected chi connectivity index (χ2v) is 4.55. The van der Waals surface area contributed by atoms with Gasteiger partial charge in [0.05, 0.1) is 18.0 Å². The Morgan fingerprint density at radius 2 is 2.31 bits per heavy atom. The molecule has 0 bridgehead atoms. The van der Waals surface area contributed by atoms with Crippen LogP contribution < -0.4 is 0 Å². The predicted octanol–water partition coefficient (Wildman–Crippen LogP) is 3.58. The molecule has 0 saturated heterocycles. The summed E-state index contributed by atoms with van der Waals surface area (Å²) in [6.45, 7) is 3.93. The van der Waals surface area contributed by atoms with Crippen molar-refractivity contribution in [1.29, 1.82) is 5.26 Å². The molecule has 0 radical (unpaired) electrons. The Kier molecular flexibility index (Phi) is 2.88. The molecule has 2 heterocycles. The van der Waals surface area contributed by atoms with Gasteiger partial charge in [0.2, 0.25) is 0 Å². The molecule has 3 nitrogen and oxygen atoms in total. The maximum absolute atomic E-state index is 9.03. The summed E-state index contributed by atoms with van der Waals surface area (Å²) in [4.78, 5) is 5.41. The molecular weight excluding hydrogens is 220 g/mol. The summed E-state index contributed by atoms with van der Waals surface area (Å²) < 4.78 is 5.14. The van der Waals surface area contributed by atoms with Crippen molar-refractivity contribution in [1.82, 2.24) is 0 Å². The number of nitrogens with zero attached hydrogens (tertiary/aromatic N) is 2. The molecule has 0 amide bonds. The number of furan rings is 1. The summed E-state index contributed by atoms with van der Waals surface area (Å²) in [5.41, 5.74) is 1.67. The molecule has 4 heteroatoms. The van der Waals surface area contributed by atoms with E-state index in [1.165, 1.54) is 11.3 Å². The Balaban J connectivity index is 2.36. The van der Waals surface area contributed by atoms with Crippen LogP contribution in [0.25, 0.3) is 0 Å². The molecule has 0 N–H and O–H groups in total. The highest BCUT2D eigenvalue weighted by Crippen LogP contribution is 2.33. The average Bonchev–Trinajstić information content (AvgIpc) is 2.86. The topological polar surface area (TPSA) is 49.3 Å². The number of thiophene rings is 1. The van der Waals surface area contributed by atoms with Crippen LogP contribution in [0.5, 0.6) is 0 Å². The molecule has 0 fully saturated rings. The highest BCUT2D eigenvalue weighted by atomic mass is 32.1. The number of nitriles is 1. The van der Waals surface area contributed by atoms with Crippen molar-refractivity contribution >= 4 is 22.6 Å². The van der Waals surface area contributed by atoms with E-state index >= 15 is 0 Å². The average molecular weight is 230 g/mol. The van der Waals surface area contributed by atoms with Crippen molar-refractivity contribution in [2.45, 2.75) is 13.8 Å². The Morgan fingerprint density at radius 1 is 1.50 bits per heavy atom. The van der Waals surface area contributed by atoms with E-state index in [0.717, 1.165) is 15.4 Å². The highest BCUT2D eigenvalue weighted by Gasteiger charge is 2.10. The predicted molar refractivity (Wildman–Crippen MR) is 64.5 cm³/mol. The fourth-order valence-corrected chi connectivity index (χ4v) is 2.27. The van der Waals surface area contributed by atoms with Crippen LogP contribution in [0.15, 0.2) is 27.8 Å². The van der Waals surface area contributed by atoms with Crippen LogP contribution in [0, 0.1) is 25.2 Å². The monoisotopic (exact) mass is 230 g/mol. The zero-order chi connectivity index (χ0) is 11.5. The minimum absolute atomic E-state index is 0.658. The first-order valence-electron chi connectivity index (χ1n) is 4.80. The molecule has 0 aliphatic rings. The maximum atomic E-state index is 9.03. The van der Waals surface area contributed by atoms with Crippen molar-refractivity contribution in [3.63, 3.8) is 0 Å². The molecular formula is C12H10N2OS. The van der Waals surface area contributed by atoms with E-state index in [4.69, 9.17) is 9.68 Å². The summed E-state index contributed by atoms with van der Waals surface area (Å²) in [6, 6.07) is 5.81. The SMILES string of the molecule is Cc1sc(/N=C/c2ccco2)c(C#N)c1C. The van der Waals surface area contributed by atoms with Gasteiger partial charge in [-0.2, -0.15) is 5.26 Å². The largest absolute Gasteiger partial charge is 0.463 e. The Morgan fingerprint density at radius 3 is 2.94 bits per heavy atom. The molecule has 2 aromatic heterocycles. The first-order chi connectivity index (χ1) is 7.72. The van der Waals surface area contributed by atoms with E-state index in [1.54, 1.807) is 18.5 Å². The van der Waals surface area contributed by atoms with Gasteiger partial charge in [-0.1, -0.05) is 0 Å². The molecule has 0 aliphatic carbocycles. The maximum Gasteiger partial charge on any atom is 0.144 e. The first kappa shape index (κ1) is 10.7. The fraction of sp³-hybridized carbons (Fsp3) is 0.167. The molecule has 2 rings (SSSR count). The van der Waals surface area contributed by atoms with E-state index < -0.39 is 0 Å². The molecule has 16 heavy (non-hydrogen) atoms. The standard InChI is InChI=1S/C12H10N2OS/c1-8-9(2)16-12(11(8)6-13)14-7-10-4-3-5-15-10/h3-5,7H,1-2H3/b14-7+. The van der Waals surface area contributed by atoms with Crippen molar-refractivity contribution in [3.8, 4) is 6.07 Å². The molecule has 0 aromatic carbocycles. The second kappa shape index (κ2) is 4.33. The normalized spacial score (nSPS) is 10.8. The van der Waals surface area contributed by atoms with E-state index in [9.17, 15) is 0 Å². The fourth-order valence-electron chi connectivity index (χ4n) is 1.32. The van der Waals surface area contributed by atoms with E-state index in [0.29, 0.717) is 11.3 Å². The molecule has 0 spiro atoms. The number of aliphatic imine (C=N–C) groups is 1. The Bertz CT molecular complexity index is 559. The molecule has 2 aromatic rings. The third kappa shape index (κ3) is 1.90. The summed E-state index contributed by atoms with van der Waals surface area (Å²) in [6.07, 6.45) is 3.23. The molecule has 0 saturated carbocycles. The highest BCUT2D eigenvalue weighted by molar-refractivity contribution is 7.16. The summed E-state index contributed by atoms with van der Waals surface area (Å²) in [7, 11) is 0.